The molecule has 0 aromatic heterocycles. The van der Waals surface area contributed by atoms with Gasteiger partial charge in [-0.15, -0.1) is 0 Å². The van der Waals surface area contributed by atoms with Gasteiger partial charge in [0.05, 0.1) is 9.79 Å². The lowest BCUT2D eigenvalue weighted by molar-refractivity contribution is -0.173. The fourth-order valence-corrected chi connectivity index (χ4v) is 7.23. The van der Waals surface area contributed by atoms with Gasteiger partial charge in [0, 0.05) is 37.6 Å². The number of carbonyl (C=O) groups excluding carboxylic acids is 2. The summed E-state index contributed by atoms with van der Waals surface area (Å²) in [5, 5.41) is 4.47. The van der Waals surface area contributed by atoms with Crippen LogP contribution >= 0.6 is 0 Å². The van der Waals surface area contributed by atoms with Crippen LogP contribution in [0.4, 0.5) is 28.9 Å². The van der Waals surface area contributed by atoms with Gasteiger partial charge < -0.3 is 10.6 Å². The standard InChI is InChI=1S/C40H62F4N4O4S/c1-5-9-13-17-29-47(30-18-14-10-6-2)39(41,42)37(49)45-33-21-25-35(26-22-33)53(51,52)36-27-23-34(24-28-36)46-38(50)40(43,44)48(31-19-15-11-7-3)32-20-16-12-8-4/h21-28H,5-20,29-32H2,1-4H3,(H,45,49)(H,46,50). The van der Waals surface area contributed by atoms with Crippen molar-refractivity contribution >= 4 is 33.0 Å². The van der Waals surface area contributed by atoms with Gasteiger partial charge in [0.15, 0.2) is 0 Å². The molecule has 0 unspecified atom stereocenters. The zero-order chi connectivity index (χ0) is 39.3. The van der Waals surface area contributed by atoms with Crippen LogP contribution in [0.25, 0.3) is 0 Å². The van der Waals surface area contributed by atoms with E-state index in [0.29, 0.717) is 25.7 Å². The number of nitrogens with one attached hydrogen (secondary N) is 2. The van der Waals surface area contributed by atoms with E-state index in [1.54, 1.807) is 0 Å². The monoisotopic (exact) mass is 770 g/mol. The Balaban J connectivity index is 2.11. The van der Waals surface area contributed by atoms with Crippen molar-refractivity contribution < 1.29 is 35.6 Å². The van der Waals surface area contributed by atoms with Gasteiger partial charge in [-0.3, -0.25) is 9.59 Å². The van der Waals surface area contributed by atoms with E-state index in [0.717, 1.165) is 86.8 Å². The third-order valence-electron chi connectivity index (χ3n) is 9.31. The second kappa shape index (κ2) is 23.7. The normalized spacial score (nSPS) is 12.4. The first-order valence-corrected chi connectivity index (χ1v) is 21.1. The van der Waals surface area contributed by atoms with E-state index >= 15 is 17.6 Å². The lowest BCUT2D eigenvalue weighted by atomic mass is 10.1. The molecule has 2 rings (SSSR count). The van der Waals surface area contributed by atoms with E-state index in [-0.39, 0.29) is 47.3 Å². The minimum atomic E-state index is -4.11. The van der Waals surface area contributed by atoms with Gasteiger partial charge >= 0.3 is 23.9 Å². The summed E-state index contributed by atoms with van der Waals surface area (Å²) in [7, 11) is -4.11. The summed E-state index contributed by atoms with van der Waals surface area (Å²) in [5.41, 5.74) is 0.0172. The largest absolute Gasteiger partial charge is 0.384 e. The molecular weight excluding hydrogens is 709 g/mol. The van der Waals surface area contributed by atoms with Gasteiger partial charge in [-0.05, 0) is 74.2 Å². The molecule has 0 aliphatic heterocycles. The first-order valence-electron chi connectivity index (χ1n) is 19.6. The summed E-state index contributed by atoms with van der Waals surface area (Å²) in [6, 6.07) is 2.22. The second-order valence-corrected chi connectivity index (χ2v) is 15.7. The molecule has 0 saturated carbocycles. The fourth-order valence-electron chi connectivity index (χ4n) is 5.97. The van der Waals surface area contributed by atoms with Crippen molar-refractivity contribution in [2.75, 3.05) is 36.8 Å². The van der Waals surface area contributed by atoms with Gasteiger partial charge in [0.1, 0.15) is 0 Å². The molecule has 2 amide bonds. The molecule has 53 heavy (non-hydrogen) atoms. The van der Waals surface area contributed by atoms with Gasteiger partial charge in [0.25, 0.3) is 0 Å². The van der Waals surface area contributed by atoms with Crippen LogP contribution in [-0.2, 0) is 19.4 Å². The molecule has 0 atom stereocenters. The summed E-state index contributed by atoms with van der Waals surface area (Å²) >= 11 is 0. The number of unbranched alkanes of at least 4 members (excludes halogenated alkanes) is 12. The number of hydrogen-bond acceptors (Lipinski definition) is 6. The molecule has 2 aromatic carbocycles. The number of rotatable bonds is 28. The average Bonchev–Trinajstić information content (AvgIpc) is 3.13. The smallest absolute Gasteiger partial charge is 0.320 e. The molecule has 2 N–H and O–H groups in total. The maximum atomic E-state index is 15.4. The molecule has 0 fully saturated rings. The first-order chi connectivity index (χ1) is 25.2. The number of anilines is 2. The first kappa shape index (κ1) is 46.1. The van der Waals surface area contributed by atoms with E-state index in [2.05, 4.69) is 10.6 Å². The van der Waals surface area contributed by atoms with Crippen LogP contribution in [0.3, 0.4) is 0 Å². The Morgan fingerprint density at radius 2 is 0.755 bits per heavy atom. The number of nitrogens with zero attached hydrogens (tertiary/aromatic N) is 2. The van der Waals surface area contributed by atoms with Crippen molar-refractivity contribution in [1.82, 2.24) is 9.80 Å². The van der Waals surface area contributed by atoms with Crippen LogP contribution in [0, 0.1) is 0 Å². The molecule has 8 nitrogen and oxygen atoms in total. The highest BCUT2D eigenvalue weighted by atomic mass is 32.2. The number of carbonyl (C=O) groups is 2. The van der Waals surface area contributed by atoms with Gasteiger partial charge in [-0.2, -0.15) is 17.6 Å². The van der Waals surface area contributed by atoms with Crippen molar-refractivity contribution in [3.8, 4) is 0 Å². The minimum Gasteiger partial charge on any atom is -0.320 e. The highest BCUT2D eigenvalue weighted by molar-refractivity contribution is 7.91. The molecule has 0 heterocycles. The highest BCUT2D eigenvalue weighted by Crippen LogP contribution is 2.28. The number of hydrogen-bond donors (Lipinski definition) is 2. The van der Waals surface area contributed by atoms with Crippen LogP contribution < -0.4 is 10.6 Å². The van der Waals surface area contributed by atoms with Crippen molar-refractivity contribution in [2.45, 2.75) is 152 Å². The molecule has 0 aliphatic rings. The third kappa shape index (κ3) is 15.0. The van der Waals surface area contributed by atoms with Crippen molar-refractivity contribution in [2.24, 2.45) is 0 Å². The Morgan fingerprint density at radius 1 is 0.491 bits per heavy atom. The number of sulfone groups is 1. The molecule has 13 heteroatoms. The maximum absolute atomic E-state index is 15.4. The third-order valence-corrected chi connectivity index (χ3v) is 11.1. The van der Waals surface area contributed by atoms with Gasteiger partial charge in [0.2, 0.25) is 9.84 Å². The quantitative estimate of drug-likeness (QED) is 0.0508. The summed E-state index contributed by atoms with van der Waals surface area (Å²) in [6.45, 7) is 8.49. The van der Waals surface area contributed by atoms with Crippen LogP contribution in [-0.4, -0.2) is 68.3 Å². The van der Waals surface area contributed by atoms with Gasteiger partial charge in [-0.25, -0.2) is 18.2 Å². The number of alkyl halides is 4. The van der Waals surface area contributed by atoms with E-state index in [1.807, 2.05) is 27.7 Å². The Labute approximate surface area is 315 Å². The zero-order valence-electron chi connectivity index (χ0n) is 32.2. The van der Waals surface area contributed by atoms with E-state index < -0.39 is 33.7 Å². The molecule has 0 spiro atoms. The summed E-state index contributed by atoms with van der Waals surface area (Å²) in [5.74, 6) is -2.98. The van der Waals surface area contributed by atoms with Crippen molar-refractivity contribution in [3.63, 3.8) is 0 Å². The zero-order valence-corrected chi connectivity index (χ0v) is 33.0. The number of amides is 2. The molecule has 0 radical (unpaired) electrons. The van der Waals surface area contributed by atoms with Crippen LogP contribution in [0.15, 0.2) is 58.3 Å². The highest BCUT2D eigenvalue weighted by Gasteiger charge is 2.46. The summed E-state index contributed by atoms with van der Waals surface area (Å²) in [6.07, 6.45) is 12.9. The fraction of sp³-hybridized carbons (Fsp3) is 0.650. The number of halogens is 4. The minimum absolute atomic E-state index is 0.00861. The lowest BCUT2D eigenvalue weighted by Crippen LogP contribution is -2.51. The predicted octanol–water partition coefficient (Wildman–Crippen LogP) is 10.5. The average molecular weight is 771 g/mol. The number of benzene rings is 2. The molecule has 0 saturated heterocycles. The van der Waals surface area contributed by atoms with E-state index in [1.165, 1.54) is 48.5 Å². The Kier molecular flexibility index (Phi) is 20.6. The van der Waals surface area contributed by atoms with Crippen LogP contribution in [0.5, 0.6) is 0 Å². The SMILES string of the molecule is CCCCCCN(CCCCCC)C(F)(F)C(=O)Nc1ccc(S(=O)(=O)c2ccc(NC(=O)C(F)(F)N(CCCCCC)CCCCCC)cc2)cc1. The Morgan fingerprint density at radius 3 is 1.00 bits per heavy atom. The molecule has 0 aliphatic carbocycles. The second-order valence-electron chi connectivity index (χ2n) is 13.8. The lowest BCUT2D eigenvalue weighted by Gasteiger charge is -2.30. The summed E-state index contributed by atoms with van der Waals surface area (Å²) in [4.78, 5) is 27.1. The molecule has 0 bridgehead atoms. The predicted molar refractivity (Wildman–Crippen MR) is 205 cm³/mol. The van der Waals surface area contributed by atoms with E-state index in [9.17, 15) is 18.0 Å². The van der Waals surface area contributed by atoms with Crippen LogP contribution in [0.1, 0.15) is 130 Å². The Bertz CT molecular complexity index is 1330. The van der Waals surface area contributed by atoms with Crippen molar-refractivity contribution in [1.29, 1.82) is 0 Å². The summed E-state index contributed by atoms with van der Waals surface area (Å²) < 4.78 is 88.3. The Hall–Kier alpha value is -3.03. The maximum Gasteiger partial charge on any atom is 0.384 e. The molecule has 2 aromatic rings. The molecular formula is C40H62F4N4O4S. The van der Waals surface area contributed by atoms with Crippen LogP contribution in [0.2, 0.25) is 0 Å². The van der Waals surface area contributed by atoms with Crippen molar-refractivity contribution in [3.05, 3.63) is 48.5 Å². The topological polar surface area (TPSA) is 98.8 Å². The van der Waals surface area contributed by atoms with Gasteiger partial charge in [-0.1, -0.05) is 105 Å². The molecule has 300 valence electrons. The van der Waals surface area contributed by atoms with E-state index in [4.69, 9.17) is 0 Å².